The van der Waals surface area contributed by atoms with E-state index in [0.717, 1.165) is 0 Å². The van der Waals surface area contributed by atoms with Crippen molar-refractivity contribution < 1.29 is 23.5 Å². The Balaban J connectivity index is 1.86. The van der Waals surface area contributed by atoms with Crippen LogP contribution in [0.3, 0.4) is 0 Å². The molecule has 1 amide bonds. The fourth-order valence-corrected chi connectivity index (χ4v) is 2.11. The normalized spacial score (nSPS) is 10.8. The van der Waals surface area contributed by atoms with Crippen molar-refractivity contribution in [3.8, 4) is 11.5 Å². The molecule has 0 aliphatic heterocycles. The van der Waals surface area contributed by atoms with Crippen LogP contribution in [0.25, 0.3) is 0 Å². The van der Waals surface area contributed by atoms with E-state index >= 15 is 0 Å². The number of benzene rings is 1. The highest BCUT2D eigenvalue weighted by molar-refractivity contribution is 6.30. The van der Waals surface area contributed by atoms with Crippen LogP contribution in [0, 0.1) is 0 Å². The minimum atomic E-state index is -0.327. The van der Waals surface area contributed by atoms with Crippen molar-refractivity contribution in [2.24, 2.45) is 0 Å². The zero-order valence-corrected chi connectivity index (χ0v) is 15.1. The summed E-state index contributed by atoms with van der Waals surface area (Å²) >= 11 is 5.90. The largest absolute Gasteiger partial charge is 0.493 e. The van der Waals surface area contributed by atoms with Crippen LogP contribution in [0.1, 0.15) is 30.1 Å². The van der Waals surface area contributed by atoms with Crippen LogP contribution < -0.4 is 14.8 Å². The van der Waals surface area contributed by atoms with Gasteiger partial charge in [0.05, 0.1) is 19.8 Å². The van der Waals surface area contributed by atoms with Gasteiger partial charge in [-0.15, -0.1) is 0 Å². The van der Waals surface area contributed by atoms with Crippen LogP contribution >= 0.6 is 11.6 Å². The lowest BCUT2D eigenvalue weighted by molar-refractivity contribution is 0.0743. The number of aromatic nitrogens is 1. The van der Waals surface area contributed by atoms with Crippen molar-refractivity contribution in [2.75, 3.05) is 20.3 Å². The standard InChI is InChI=1S/C17H21ClN2O5/c1-11(2)23-7-6-19-17(21)14-9-13(25-20-14)10-24-15-5-4-12(18)8-16(15)22-3/h4-5,8-9,11H,6-7,10H2,1-3H3,(H,19,21). The Morgan fingerprint density at radius 3 is 2.84 bits per heavy atom. The second-order valence-corrected chi connectivity index (χ2v) is 5.87. The summed E-state index contributed by atoms with van der Waals surface area (Å²) in [5.74, 6) is 1.11. The van der Waals surface area contributed by atoms with Crippen LogP contribution in [-0.2, 0) is 11.3 Å². The summed E-state index contributed by atoms with van der Waals surface area (Å²) < 4.78 is 21.3. The van der Waals surface area contributed by atoms with Crippen LogP contribution in [0.5, 0.6) is 11.5 Å². The molecule has 0 saturated carbocycles. The Bertz CT molecular complexity index is 702. The highest BCUT2D eigenvalue weighted by atomic mass is 35.5. The monoisotopic (exact) mass is 368 g/mol. The topological polar surface area (TPSA) is 82.8 Å². The zero-order chi connectivity index (χ0) is 18.2. The number of amides is 1. The molecule has 1 aromatic carbocycles. The van der Waals surface area contributed by atoms with E-state index in [1.807, 2.05) is 13.8 Å². The molecule has 7 nitrogen and oxygen atoms in total. The summed E-state index contributed by atoms with van der Waals surface area (Å²) in [6.45, 7) is 4.81. The van der Waals surface area contributed by atoms with Gasteiger partial charge in [-0.2, -0.15) is 0 Å². The molecular weight excluding hydrogens is 348 g/mol. The van der Waals surface area contributed by atoms with Gasteiger partial charge in [0.2, 0.25) is 0 Å². The number of hydrogen-bond acceptors (Lipinski definition) is 6. The highest BCUT2D eigenvalue weighted by Crippen LogP contribution is 2.30. The number of ether oxygens (including phenoxy) is 3. The third kappa shape index (κ3) is 5.95. The second-order valence-electron chi connectivity index (χ2n) is 5.44. The number of carbonyl (C=O) groups is 1. The van der Waals surface area contributed by atoms with Crippen molar-refractivity contribution in [1.82, 2.24) is 10.5 Å². The van der Waals surface area contributed by atoms with Gasteiger partial charge in [0.1, 0.15) is 6.61 Å². The summed E-state index contributed by atoms with van der Waals surface area (Å²) in [5.41, 5.74) is 0.186. The molecule has 2 aromatic rings. The molecule has 0 aliphatic carbocycles. The highest BCUT2D eigenvalue weighted by Gasteiger charge is 2.13. The summed E-state index contributed by atoms with van der Waals surface area (Å²) in [5, 5.41) is 6.99. The van der Waals surface area contributed by atoms with Crippen LogP contribution in [0.15, 0.2) is 28.8 Å². The van der Waals surface area contributed by atoms with E-state index < -0.39 is 0 Å². The first kappa shape index (κ1) is 19.1. The fourth-order valence-electron chi connectivity index (χ4n) is 1.95. The van der Waals surface area contributed by atoms with E-state index in [0.29, 0.717) is 35.4 Å². The smallest absolute Gasteiger partial charge is 0.273 e. The summed E-state index contributed by atoms with van der Waals surface area (Å²) in [6.07, 6.45) is 0.123. The number of rotatable bonds is 9. The van der Waals surface area contributed by atoms with Crippen molar-refractivity contribution >= 4 is 17.5 Å². The van der Waals surface area contributed by atoms with E-state index in [1.165, 1.54) is 13.2 Å². The Morgan fingerprint density at radius 1 is 1.32 bits per heavy atom. The summed E-state index contributed by atoms with van der Waals surface area (Å²) in [7, 11) is 1.53. The number of carbonyl (C=O) groups excluding carboxylic acids is 1. The van der Waals surface area contributed by atoms with E-state index in [2.05, 4.69) is 10.5 Å². The molecule has 1 N–H and O–H groups in total. The van der Waals surface area contributed by atoms with Gasteiger partial charge in [-0.25, -0.2) is 0 Å². The lowest BCUT2D eigenvalue weighted by Gasteiger charge is -2.09. The van der Waals surface area contributed by atoms with Gasteiger partial charge in [-0.05, 0) is 26.0 Å². The molecule has 8 heteroatoms. The van der Waals surface area contributed by atoms with E-state index in [9.17, 15) is 4.79 Å². The molecule has 0 atom stereocenters. The van der Waals surface area contributed by atoms with E-state index in [4.69, 9.17) is 30.3 Å². The Morgan fingerprint density at radius 2 is 2.12 bits per heavy atom. The molecule has 0 fully saturated rings. The maximum atomic E-state index is 12.0. The predicted molar refractivity (Wildman–Crippen MR) is 92.3 cm³/mol. The number of methoxy groups -OCH3 is 1. The Hall–Kier alpha value is -2.25. The third-order valence-corrected chi connectivity index (χ3v) is 3.36. The third-order valence-electron chi connectivity index (χ3n) is 3.13. The van der Waals surface area contributed by atoms with Crippen LogP contribution in [0.4, 0.5) is 0 Å². The van der Waals surface area contributed by atoms with Gasteiger partial charge in [0.15, 0.2) is 23.0 Å². The van der Waals surface area contributed by atoms with Crippen molar-refractivity contribution in [1.29, 1.82) is 0 Å². The second kappa shape index (κ2) is 9.29. The quantitative estimate of drug-likeness (QED) is 0.685. The molecule has 1 aromatic heterocycles. The molecule has 2 rings (SSSR count). The molecule has 0 spiro atoms. The number of nitrogens with zero attached hydrogens (tertiary/aromatic N) is 1. The molecule has 0 aliphatic rings. The first-order chi connectivity index (χ1) is 12.0. The van der Waals surface area contributed by atoms with Gasteiger partial charge >= 0.3 is 0 Å². The maximum Gasteiger partial charge on any atom is 0.273 e. The molecule has 25 heavy (non-hydrogen) atoms. The van der Waals surface area contributed by atoms with Gasteiger partial charge < -0.3 is 24.1 Å². The van der Waals surface area contributed by atoms with E-state index in [1.54, 1.807) is 18.2 Å². The Labute approximate surface area is 151 Å². The first-order valence-corrected chi connectivity index (χ1v) is 8.19. The van der Waals surface area contributed by atoms with Gasteiger partial charge in [0, 0.05) is 23.7 Å². The molecule has 0 radical (unpaired) electrons. The van der Waals surface area contributed by atoms with Gasteiger partial charge in [0.25, 0.3) is 5.91 Å². The zero-order valence-electron chi connectivity index (χ0n) is 14.4. The fraction of sp³-hybridized carbons (Fsp3) is 0.412. The van der Waals surface area contributed by atoms with Crippen LogP contribution in [0.2, 0.25) is 5.02 Å². The van der Waals surface area contributed by atoms with E-state index in [-0.39, 0.29) is 24.3 Å². The Kier molecular flexibility index (Phi) is 7.09. The molecular formula is C17H21ClN2O5. The molecule has 0 saturated heterocycles. The van der Waals surface area contributed by atoms with Crippen molar-refractivity contribution in [3.63, 3.8) is 0 Å². The van der Waals surface area contributed by atoms with Gasteiger partial charge in [-0.3, -0.25) is 4.79 Å². The van der Waals surface area contributed by atoms with Crippen molar-refractivity contribution in [3.05, 3.63) is 40.7 Å². The lowest BCUT2D eigenvalue weighted by atomic mass is 10.3. The number of nitrogens with one attached hydrogen (secondary N) is 1. The minimum absolute atomic E-state index is 0.106. The number of halogens is 1. The molecule has 0 unspecified atom stereocenters. The predicted octanol–water partition coefficient (Wildman–Crippen LogP) is 3.07. The van der Waals surface area contributed by atoms with Crippen LogP contribution in [-0.4, -0.2) is 37.4 Å². The molecule has 1 heterocycles. The molecule has 0 bridgehead atoms. The number of hydrogen-bond donors (Lipinski definition) is 1. The first-order valence-electron chi connectivity index (χ1n) is 7.81. The summed E-state index contributed by atoms with van der Waals surface area (Å²) in [4.78, 5) is 12.0. The maximum absolute atomic E-state index is 12.0. The SMILES string of the molecule is COc1cc(Cl)ccc1OCc1cc(C(=O)NCCOC(C)C)no1. The lowest BCUT2D eigenvalue weighted by Crippen LogP contribution is -2.28. The average Bonchev–Trinajstić information content (AvgIpc) is 3.06. The average molecular weight is 369 g/mol. The van der Waals surface area contributed by atoms with Gasteiger partial charge in [-0.1, -0.05) is 16.8 Å². The molecule has 136 valence electrons. The van der Waals surface area contributed by atoms with Crippen molar-refractivity contribution in [2.45, 2.75) is 26.6 Å². The summed E-state index contributed by atoms with van der Waals surface area (Å²) in [6, 6.07) is 6.56. The minimum Gasteiger partial charge on any atom is -0.493 e.